The Kier molecular flexibility index (Phi) is 20.3. The smallest absolute Gasteiger partial charge is 0.101 e. The van der Waals surface area contributed by atoms with Gasteiger partial charge in [0.15, 0.2) is 0 Å². The molecule has 1 rings (SSSR count). The summed E-state index contributed by atoms with van der Waals surface area (Å²) in [6.45, 7) is 9.42. The van der Waals surface area contributed by atoms with Crippen LogP contribution >= 0.6 is 0 Å². The summed E-state index contributed by atoms with van der Waals surface area (Å²) in [6.07, 6.45) is 36.6. The lowest BCUT2D eigenvalue weighted by molar-refractivity contribution is 0.136. The van der Waals surface area contributed by atoms with Gasteiger partial charge < -0.3 is 9.80 Å². The van der Waals surface area contributed by atoms with Gasteiger partial charge in [0.25, 0.3) is 0 Å². The van der Waals surface area contributed by atoms with Gasteiger partial charge in [0.1, 0.15) is 6.17 Å². The van der Waals surface area contributed by atoms with E-state index in [0.717, 1.165) is 0 Å². The Balaban J connectivity index is 2.06. The minimum atomic E-state index is 0.644. The molecule has 2 nitrogen and oxygen atoms in total. The molecule has 1 heterocycles. The van der Waals surface area contributed by atoms with E-state index in [4.69, 9.17) is 0 Å². The second-order valence-corrected chi connectivity index (χ2v) is 10.4. The molecule has 0 spiro atoms. The minimum absolute atomic E-state index is 0.644. The van der Waals surface area contributed by atoms with Crippen LogP contribution in [0, 0.1) is 0 Å². The molecule has 0 radical (unpaired) electrons. The van der Waals surface area contributed by atoms with Crippen molar-refractivity contribution in [1.82, 2.24) is 9.80 Å². The summed E-state index contributed by atoms with van der Waals surface area (Å²) in [5.74, 6) is 0. The topological polar surface area (TPSA) is 6.48 Å². The van der Waals surface area contributed by atoms with Crippen LogP contribution in [0.3, 0.4) is 0 Å². The van der Waals surface area contributed by atoms with Crippen LogP contribution in [0.5, 0.6) is 0 Å². The van der Waals surface area contributed by atoms with Crippen molar-refractivity contribution >= 4 is 0 Å². The van der Waals surface area contributed by atoms with Crippen molar-refractivity contribution in [3.63, 3.8) is 0 Å². The standard InChI is InChI=1S/C30H60N2/c1-4-7-10-12-13-14-15-16-17-18-19-20-21-23-25-30-31(26-9-6-3)28-29-32(30)27-24-22-11-8-5-2/h28-30H,4-27H2,1-3H3. The van der Waals surface area contributed by atoms with Gasteiger partial charge in [0, 0.05) is 25.5 Å². The molecule has 1 aliphatic heterocycles. The SMILES string of the molecule is CCCCCCCCCCCCCCCCC1N(CCCC)C=CN1CCCCCCC. The van der Waals surface area contributed by atoms with Crippen LogP contribution < -0.4 is 0 Å². The molecule has 0 aliphatic carbocycles. The second-order valence-electron chi connectivity index (χ2n) is 10.4. The van der Waals surface area contributed by atoms with Crippen molar-refractivity contribution in [3.8, 4) is 0 Å². The predicted molar refractivity (Wildman–Crippen MR) is 145 cm³/mol. The zero-order valence-electron chi connectivity index (χ0n) is 22.6. The Bertz CT molecular complexity index is 406. The van der Waals surface area contributed by atoms with E-state index in [9.17, 15) is 0 Å². The monoisotopic (exact) mass is 448 g/mol. The van der Waals surface area contributed by atoms with Crippen LogP contribution in [0.2, 0.25) is 0 Å². The highest BCUT2D eigenvalue weighted by Gasteiger charge is 2.24. The van der Waals surface area contributed by atoms with E-state index in [1.54, 1.807) is 0 Å². The second kappa shape index (κ2) is 22.1. The Morgan fingerprint density at radius 2 is 0.750 bits per heavy atom. The van der Waals surface area contributed by atoms with E-state index in [-0.39, 0.29) is 0 Å². The third-order valence-electron chi connectivity index (χ3n) is 7.32. The van der Waals surface area contributed by atoms with E-state index in [1.807, 2.05) is 0 Å². The normalized spacial score (nSPS) is 15.9. The summed E-state index contributed by atoms with van der Waals surface area (Å²) in [6, 6.07) is 0. The maximum Gasteiger partial charge on any atom is 0.101 e. The van der Waals surface area contributed by atoms with Gasteiger partial charge in [-0.2, -0.15) is 0 Å². The van der Waals surface area contributed by atoms with Gasteiger partial charge in [-0.3, -0.25) is 0 Å². The molecule has 0 aromatic heterocycles. The maximum absolute atomic E-state index is 2.66. The van der Waals surface area contributed by atoms with Crippen molar-refractivity contribution in [3.05, 3.63) is 12.4 Å². The zero-order valence-corrected chi connectivity index (χ0v) is 22.6. The molecule has 0 saturated carbocycles. The quantitative estimate of drug-likeness (QED) is 0.135. The average Bonchev–Trinajstić information content (AvgIpc) is 3.19. The number of nitrogens with zero attached hydrogens (tertiary/aromatic N) is 2. The summed E-state index contributed by atoms with van der Waals surface area (Å²) in [5, 5.41) is 0. The number of unbranched alkanes of at least 4 members (excludes halogenated alkanes) is 18. The Labute approximate surface area is 203 Å². The molecule has 190 valence electrons. The van der Waals surface area contributed by atoms with Gasteiger partial charge in [0.2, 0.25) is 0 Å². The molecule has 1 aliphatic rings. The van der Waals surface area contributed by atoms with Crippen LogP contribution in [0.15, 0.2) is 12.4 Å². The summed E-state index contributed by atoms with van der Waals surface area (Å²) >= 11 is 0. The first kappa shape index (κ1) is 29.4. The third-order valence-corrected chi connectivity index (χ3v) is 7.32. The Morgan fingerprint density at radius 1 is 0.406 bits per heavy atom. The summed E-state index contributed by atoms with van der Waals surface area (Å²) < 4.78 is 0. The van der Waals surface area contributed by atoms with Crippen molar-refractivity contribution in [2.75, 3.05) is 13.1 Å². The van der Waals surface area contributed by atoms with E-state index >= 15 is 0 Å². The molecule has 1 unspecified atom stereocenters. The third kappa shape index (κ3) is 15.2. The van der Waals surface area contributed by atoms with Crippen molar-refractivity contribution < 1.29 is 0 Å². The Hall–Kier alpha value is -0.660. The lowest BCUT2D eigenvalue weighted by atomic mass is 10.0. The Morgan fingerprint density at radius 3 is 1.19 bits per heavy atom. The van der Waals surface area contributed by atoms with Crippen LogP contribution in [0.25, 0.3) is 0 Å². The lowest BCUT2D eigenvalue weighted by Crippen LogP contribution is -2.39. The molecule has 2 heteroatoms. The molecular weight excluding hydrogens is 388 g/mol. The molecule has 32 heavy (non-hydrogen) atoms. The highest BCUT2D eigenvalue weighted by atomic mass is 15.4. The summed E-state index contributed by atoms with van der Waals surface area (Å²) in [4.78, 5) is 5.29. The molecule has 0 bridgehead atoms. The van der Waals surface area contributed by atoms with E-state index < -0.39 is 0 Å². The summed E-state index contributed by atoms with van der Waals surface area (Å²) in [5.41, 5.74) is 0. The molecular formula is C30H60N2. The van der Waals surface area contributed by atoms with Gasteiger partial charge in [-0.1, -0.05) is 136 Å². The number of hydrogen-bond donors (Lipinski definition) is 0. The van der Waals surface area contributed by atoms with Crippen molar-refractivity contribution in [1.29, 1.82) is 0 Å². The minimum Gasteiger partial charge on any atom is -0.356 e. The molecule has 0 aromatic carbocycles. The first-order valence-corrected chi connectivity index (χ1v) is 15.0. The van der Waals surface area contributed by atoms with Gasteiger partial charge >= 0.3 is 0 Å². The highest BCUT2D eigenvalue weighted by molar-refractivity contribution is 4.96. The van der Waals surface area contributed by atoms with Gasteiger partial charge in [-0.25, -0.2) is 0 Å². The molecule has 0 fully saturated rings. The average molecular weight is 449 g/mol. The first-order chi connectivity index (χ1) is 15.8. The first-order valence-electron chi connectivity index (χ1n) is 15.0. The van der Waals surface area contributed by atoms with Gasteiger partial charge in [-0.15, -0.1) is 0 Å². The highest BCUT2D eigenvalue weighted by Crippen LogP contribution is 2.23. The van der Waals surface area contributed by atoms with Gasteiger partial charge in [0.05, 0.1) is 0 Å². The predicted octanol–water partition coefficient (Wildman–Crippen LogP) is 10.0. The molecule has 0 N–H and O–H groups in total. The van der Waals surface area contributed by atoms with Crippen LogP contribution in [0.1, 0.15) is 162 Å². The fraction of sp³-hybridized carbons (Fsp3) is 0.933. The van der Waals surface area contributed by atoms with Crippen molar-refractivity contribution in [2.45, 2.75) is 168 Å². The van der Waals surface area contributed by atoms with Gasteiger partial charge in [-0.05, 0) is 25.7 Å². The zero-order chi connectivity index (χ0) is 23.1. The molecule has 0 saturated heterocycles. The van der Waals surface area contributed by atoms with E-state index in [1.165, 1.54) is 154 Å². The van der Waals surface area contributed by atoms with Crippen LogP contribution in [-0.2, 0) is 0 Å². The van der Waals surface area contributed by atoms with Crippen LogP contribution in [0.4, 0.5) is 0 Å². The molecule has 0 aromatic rings. The van der Waals surface area contributed by atoms with E-state index in [0.29, 0.717) is 6.17 Å². The fourth-order valence-electron chi connectivity index (χ4n) is 5.10. The van der Waals surface area contributed by atoms with Crippen LogP contribution in [-0.4, -0.2) is 29.1 Å². The van der Waals surface area contributed by atoms with Crippen molar-refractivity contribution in [2.24, 2.45) is 0 Å². The lowest BCUT2D eigenvalue weighted by Gasteiger charge is -2.33. The number of rotatable bonds is 24. The largest absolute Gasteiger partial charge is 0.356 e. The molecule has 0 amide bonds. The molecule has 1 atom stereocenters. The number of hydrogen-bond acceptors (Lipinski definition) is 2. The fourth-order valence-corrected chi connectivity index (χ4v) is 5.10. The summed E-state index contributed by atoms with van der Waals surface area (Å²) in [7, 11) is 0. The maximum atomic E-state index is 2.66. The van der Waals surface area contributed by atoms with E-state index in [2.05, 4.69) is 43.0 Å².